The fraction of sp³-hybridized carbons (Fsp3) is 0.370. The van der Waals surface area contributed by atoms with Gasteiger partial charge in [0.25, 0.3) is 0 Å². The maximum absolute atomic E-state index is 13.1. The molecule has 1 aromatic heterocycles. The molecule has 186 valence electrons. The highest BCUT2D eigenvalue weighted by molar-refractivity contribution is 5.96. The SMILES string of the molecule is CCCN(CC(=O)Nc1cc(C(C)(C)C)nn1-c1ccc(OC)cc1)C(=O)Nc1cccc(C)c1. The van der Waals surface area contributed by atoms with E-state index in [-0.39, 0.29) is 23.9 Å². The van der Waals surface area contributed by atoms with Gasteiger partial charge in [-0.2, -0.15) is 5.10 Å². The third-order valence-electron chi connectivity index (χ3n) is 5.45. The molecule has 0 aliphatic heterocycles. The highest BCUT2D eigenvalue weighted by Crippen LogP contribution is 2.27. The van der Waals surface area contributed by atoms with Crippen molar-refractivity contribution in [2.75, 3.05) is 30.8 Å². The van der Waals surface area contributed by atoms with Crippen molar-refractivity contribution in [3.8, 4) is 11.4 Å². The topological polar surface area (TPSA) is 88.5 Å². The van der Waals surface area contributed by atoms with E-state index in [2.05, 4.69) is 31.4 Å². The number of hydrogen-bond donors (Lipinski definition) is 2. The molecular weight excluding hydrogens is 442 g/mol. The van der Waals surface area contributed by atoms with Crippen LogP contribution in [-0.2, 0) is 10.2 Å². The zero-order valence-corrected chi connectivity index (χ0v) is 21.4. The van der Waals surface area contributed by atoms with Gasteiger partial charge in [-0.25, -0.2) is 9.48 Å². The number of methoxy groups -OCH3 is 1. The first-order valence-electron chi connectivity index (χ1n) is 11.8. The maximum Gasteiger partial charge on any atom is 0.322 e. The van der Waals surface area contributed by atoms with Crippen LogP contribution in [0.25, 0.3) is 5.69 Å². The summed E-state index contributed by atoms with van der Waals surface area (Å²) in [6, 6.07) is 16.6. The Balaban J connectivity index is 1.80. The van der Waals surface area contributed by atoms with Crippen molar-refractivity contribution in [1.82, 2.24) is 14.7 Å². The molecule has 1 heterocycles. The van der Waals surface area contributed by atoms with Crippen LogP contribution in [0.4, 0.5) is 16.3 Å². The lowest BCUT2D eigenvalue weighted by molar-refractivity contribution is -0.116. The standard InChI is InChI=1S/C27H35N5O3/c1-7-15-31(26(34)28-20-10-8-9-19(2)16-20)18-25(33)29-24-17-23(27(3,4)5)30-32(24)21-11-13-22(35-6)14-12-21/h8-14,16-17H,7,15,18H2,1-6H3,(H,28,34)(H,29,33). The van der Waals surface area contributed by atoms with Crippen LogP contribution in [0.15, 0.2) is 54.6 Å². The van der Waals surface area contributed by atoms with Crippen molar-refractivity contribution in [3.05, 3.63) is 65.9 Å². The molecule has 8 heteroatoms. The Morgan fingerprint density at radius 3 is 2.37 bits per heavy atom. The van der Waals surface area contributed by atoms with Gasteiger partial charge in [0.15, 0.2) is 0 Å². The van der Waals surface area contributed by atoms with Crippen molar-refractivity contribution in [3.63, 3.8) is 0 Å². The largest absolute Gasteiger partial charge is 0.497 e. The molecule has 8 nitrogen and oxygen atoms in total. The number of rotatable bonds is 8. The molecule has 3 aromatic rings. The summed E-state index contributed by atoms with van der Waals surface area (Å²) in [5.41, 5.74) is 3.16. The van der Waals surface area contributed by atoms with Crippen LogP contribution < -0.4 is 15.4 Å². The molecule has 0 aliphatic carbocycles. The second-order valence-corrected chi connectivity index (χ2v) is 9.54. The number of carbonyl (C=O) groups is 2. The lowest BCUT2D eigenvalue weighted by atomic mass is 9.92. The Labute approximate surface area is 207 Å². The second kappa shape index (κ2) is 11.1. The van der Waals surface area contributed by atoms with E-state index < -0.39 is 0 Å². The van der Waals surface area contributed by atoms with Crippen molar-refractivity contribution in [2.45, 2.75) is 46.5 Å². The molecule has 0 saturated carbocycles. The molecule has 0 radical (unpaired) electrons. The summed E-state index contributed by atoms with van der Waals surface area (Å²) in [4.78, 5) is 27.5. The Kier molecular flexibility index (Phi) is 8.17. The summed E-state index contributed by atoms with van der Waals surface area (Å²) >= 11 is 0. The van der Waals surface area contributed by atoms with Crippen LogP contribution in [0.5, 0.6) is 5.75 Å². The van der Waals surface area contributed by atoms with Gasteiger partial charge in [-0.1, -0.05) is 39.8 Å². The van der Waals surface area contributed by atoms with Crippen molar-refractivity contribution < 1.29 is 14.3 Å². The molecule has 2 aromatic carbocycles. The molecule has 0 saturated heterocycles. The van der Waals surface area contributed by atoms with Crippen LogP contribution in [0.3, 0.4) is 0 Å². The second-order valence-electron chi connectivity index (χ2n) is 9.54. The quantitative estimate of drug-likeness (QED) is 0.457. The molecule has 0 unspecified atom stereocenters. The number of nitrogens with one attached hydrogen (secondary N) is 2. The van der Waals surface area contributed by atoms with Crippen LogP contribution in [0.1, 0.15) is 45.4 Å². The monoisotopic (exact) mass is 477 g/mol. The minimum atomic E-state index is -0.313. The molecule has 35 heavy (non-hydrogen) atoms. The van der Waals surface area contributed by atoms with E-state index >= 15 is 0 Å². The third kappa shape index (κ3) is 6.85. The van der Waals surface area contributed by atoms with Crippen LogP contribution in [0.2, 0.25) is 0 Å². The van der Waals surface area contributed by atoms with Gasteiger partial charge in [0, 0.05) is 23.7 Å². The van der Waals surface area contributed by atoms with E-state index in [0.29, 0.717) is 18.1 Å². The molecular formula is C27H35N5O3. The molecule has 3 amide bonds. The van der Waals surface area contributed by atoms with Gasteiger partial charge in [-0.3, -0.25) is 4.79 Å². The summed E-state index contributed by atoms with van der Waals surface area (Å²) in [5.74, 6) is 0.978. The third-order valence-corrected chi connectivity index (χ3v) is 5.45. The normalized spacial score (nSPS) is 11.1. The van der Waals surface area contributed by atoms with Crippen LogP contribution >= 0.6 is 0 Å². The van der Waals surface area contributed by atoms with Gasteiger partial charge < -0.3 is 20.3 Å². The van der Waals surface area contributed by atoms with Gasteiger partial charge >= 0.3 is 6.03 Å². The Morgan fingerprint density at radius 1 is 1.06 bits per heavy atom. The zero-order valence-electron chi connectivity index (χ0n) is 21.4. The number of urea groups is 1. The number of carbonyl (C=O) groups excluding carboxylic acids is 2. The van der Waals surface area contributed by atoms with Gasteiger partial charge in [-0.05, 0) is 55.3 Å². The number of amides is 3. The Hall–Kier alpha value is -3.81. The van der Waals surface area contributed by atoms with E-state index in [1.54, 1.807) is 11.8 Å². The van der Waals surface area contributed by atoms with E-state index in [4.69, 9.17) is 9.84 Å². The summed E-state index contributed by atoms with van der Waals surface area (Å²) in [6.07, 6.45) is 0.729. The van der Waals surface area contributed by atoms with Crippen molar-refractivity contribution >= 4 is 23.4 Å². The molecule has 3 rings (SSSR count). The zero-order chi connectivity index (χ0) is 25.6. The Bertz CT molecular complexity index is 1160. The number of aryl methyl sites for hydroxylation is 1. The molecule has 0 fully saturated rings. The lowest BCUT2D eigenvalue weighted by Gasteiger charge is -2.22. The number of benzene rings is 2. The maximum atomic E-state index is 13.1. The molecule has 0 atom stereocenters. The molecule has 2 N–H and O–H groups in total. The van der Waals surface area contributed by atoms with E-state index in [1.165, 1.54) is 4.90 Å². The summed E-state index contributed by atoms with van der Waals surface area (Å²) in [5, 5.41) is 10.6. The highest BCUT2D eigenvalue weighted by Gasteiger charge is 2.23. The predicted octanol–water partition coefficient (Wildman–Crippen LogP) is 5.37. The number of hydrogen-bond acceptors (Lipinski definition) is 4. The lowest BCUT2D eigenvalue weighted by Crippen LogP contribution is -2.41. The number of anilines is 2. The highest BCUT2D eigenvalue weighted by atomic mass is 16.5. The summed E-state index contributed by atoms with van der Waals surface area (Å²) in [6.45, 7) is 10.5. The minimum Gasteiger partial charge on any atom is -0.497 e. The van der Waals surface area contributed by atoms with Crippen molar-refractivity contribution in [2.24, 2.45) is 0 Å². The van der Waals surface area contributed by atoms with Crippen molar-refractivity contribution in [1.29, 1.82) is 0 Å². The fourth-order valence-electron chi connectivity index (χ4n) is 3.56. The van der Waals surface area contributed by atoms with E-state index in [0.717, 1.165) is 29.1 Å². The first kappa shape index (κ1) is 25.8. The number of nitrogens with zero attached hydrogens (tertiary/aromatic N) is 3. The average molecular weight is 478 g/mol. The van der Waals surface area contributed by atoms with E-state index in [9.17, 15) is 9.59 Å². The number of aromatic nitrogens is 2. The predicted molar refractivity (Wildman–Crippen MR) is 140 cm³/mol. The summed E-state index contributed by atoms with van der Waals surface area (Å²) in [7, 11) is 1.61. The molecule has 0 bridgehead atoms. The minimum absolute atomic E-state index is 0.0792. The summed E-state index contributed by atoms with van der Waals surface area (Å²) < 4.78 is 6.96. The fourth-order valence-corrected chi connectivity index (χ4v) is 3.56. The average Bonchev–Trinajstić information content (AvgIpc) is 3.23. The van der Waals surface area contributed by atoms with Crippen LogP contribution in [-0.4, -0.2) is 46.8 Å². The number of ether oxygens (including phenoxy) is 1. The first-order valence-corrected chi connectivity index (χ1v) is 11.8. The molecule has 0 aliphatic rings. The Morgan fingerprint density at radius 2 is 1.77 bits per heavy atom. The van der Waals surface area contributed by atoms with Crippen LogP contribution in [0, 0.1) is 6.92 Å². The first-order chi connectivity index (χ1) is 16.6. The van der Waals surface area contributed by atoms with Gasteiger partial charge in [-0.15, -0.1) is 0 Å². The van der Waals surface area contributed by atoms with E-state index in [1.807, 2.05) is 68.4 Å². The van der Waals surface area contributed by atoms with Gasteiger partial charge in [0.1, 0.15) is 18.1 Å². The van der Waals surface area contributed by atoms with Gasteiger partial charge in [0.2, 0.25) is 5.91 Å². The molecule has 0 spiro atoms. The smallest absolute Gasteiger partial charge is 0.322 e. The van der Waals surface area contributed by atoms with Gasteiger partial charge in [0.05, 0.1) is 18.5 Å².